The Balaban J connectivity index is 1.84. The maximum absolute atomic E-state index is 11.8. The van der Waals surface area contributed by atoms with Gasteiger partial charge in [-0.2, -0.15) is 0 Å². The zero-order chi connectivity index (χ0) is 21.0. The van der Waals surface area contributed by atoms with Gasteiger partial charge in [-0.3, -0.25) is 9.59 Å². The predicted octanol–water partition coefficient (Wildman–Crippen LogP) is 2.82. The van der Waals surface area contributed by atoms with E-state index in [-0.39, 0.29) is 25.4 Å². The topological polar surface area (TPSA) is 80.3 Å². The van der Waals surface area contributed by atoms with Crippen LogP contribution in [-0.2, 0) is 28.5 Å². The van der Waals surface area contributed by atoms with Crippen LogP contribution in [0, 0.1) is 0 Å². The zero-order valence-corrected chi connectivity index (χ0v) is 18.1. The number of carbonyl (C=O) groups is 2. The Hall–Kier alpha value is -1.58. The number of carbonyl (C=O) groups excluding carboxylic acids is 2. The van der Waals surface area contributed by atoms with E-state index in [2.05, 4.69) is 15.9 Å². The van der Waals surface area contributed by atoms with Crippen LogP contribution in [-0.4, -0.2) is 76.5 Å². The molecule has 0 radical (unpaired) electrons. The van der Waals surface area contributed by atoms with Crippen molar-refractivity contribution in [3.05, 3.63) is 48.0 Å². The highest BCUT2D eigenvalue weighted by Gasteiger charge is 2.09. The van der Waals surface area contributed by atoms with E-state index >= 15 is 0 Å². The number of benzene rings is 1. The van der Waals surface area contributed by atoms with Crippen LogP contribution in [0.3, 0.4) is 0 Å². The van der Waals surface area contributed by atoms with Crippen LogP contribution in [0.1, 0.15) is 16.8 Å². The average Bonchev–Trinajstić information content (AvgIpc) is 2.75. The lowest BCUT2D eigenvalue weighted by Gasteiger charge is -2.07. The van der Waals surface area contributed by atoms with Gasteiger partial charge >= 0.3 is 5.97 Å². The van der Waals surface area contributed by atoms with Crippen molar-refractivity contribution in [2.45, 2.75) is 6.42 Å². The second-order valence-corrected chi connectivity index (χ2v) is 6.39. The Morgan fingerprint density at radius 2 is 1.38 bits per heavy atom. The van der Waals surface area contributed by atoms with Gasteiger partial charge in [-0.15, -0.1) is 0 Å². The number of esters is 1. The molecule has 7 nitrogen and oxygen atoms in total. The highest BCUT2D eigenvalue weighted by atomic mass is 79.9. The molecule has 1 aromatic rings. The van der Waals surface area contributed by atoms with E-state index in [1.807, 2.05) is 18.2 Å². The molecule has 0 aromatic heterocycles. The second kappa shape index (κ2) is 18.4. The van der Waals surface area contributed by atoms with Gasteiger partial charge in [-0.1, -0.05) is 58.4 Å². The molecule has 0 N–H and O–H groups in total. The number of Topliss-reactive ketones (excluding diaryl/α,β-unsaturated/α-hetero) is 1. The minimum atomic E-state index is -0.464. The summed E-state index contributed by atoms with van der Waals surface area (Å²) in [5.74, 6) is -0.693. The summed E-state index contributed by atoms with van der Waals surface area (Å²) in [4.78, 5) is 23.4. The molecule has 8 heteroatoms. The normalized spacial score (nSPS) is 11.1. The summed E-state index contributed by atoms with van der Waals surface area (Å²) in [7, 11) is 0. The summed E-state index contributed by atoms with van der Waals surface area (Å²) in [6, 6.07) is 8.71. The second-order valence-electron chi connectivity index (χ2n) is 5.74. The lowest BCUT2D eigenvalue weighted by Crippen LogP contribution is -2.16. The standard InChI is InChI=1S/C21H29BrO7/c22-9-4-5-10-25-12-14-27-16-17-28-15-13-26-11-8-21(24)29-18-20(23)19-6-2-1-3-7-19/h1-7H,8-18H2/b5-4+. The molecule has 0 spiro atoms. The molecule has 0 saturated heterocycles. The van der Waals surface area contributed by atoms with Crippen LogP contribution in [0.4, 0.5) is 0 Å². The summed E-state index contributed by atoms with van der Waals surface area (Å²) in [5, 5.41) is 0.827. The predicted molar refractivity (Wildman–Crippen MR) is 113 cm³/mol. The fourth-order valence-electron chi connectivity index (χ4n) is 2.02. The summed E-state index contributed by atoms with van der Waals surface area (Å²) in [6.07, 6.45) is 4.02. The number of hydrogen-bond acceptors (Lipinski definition) is 7. The molecule has 0 aliphatic heterocycles. The van der Waals surface area contributed by atoms with Crippen molar-refractivity contribution < 1.29 is 33.3 Å². The average molecular weight is 473 g/mol. The van der Waals surface area contributed by atoms with Crippen LogP contribution in [0.2, 0.25) is 0 Å². The fraction of sp³-hybridized carbons (Fsp3) is 0.524. The van der Waals surface area contributed by atoms with Crippen molar-refractivity contribution in [3.8, 4) is 0 Å². The van der Waals surface area contributed by atoms with Gasteiger partial charge in [-0.05, 0) is 0 Å². The largest absolute Gasteiger partial charge is 0.457 e. The first-order chi connectivity index (χ1) is 14.2. The highest BCUT2D eigenvalue weighted by molar-refractivity contribution is 9.09. The lowest BCUT2D eigenvalue weighted by molar-refractivity contribution is -0.143. The van der Waals surface area contributed by atoms with Gasteiger partial charge in [0, 0.05) is 10.9 Å². The van der Waals surface area contributed by atoms with E-state index in [9.17, 15) is 9.59 Å². The maximum Gasteiger partial charge on any atom is 0.308 e. The highest BCUT2D eigenvalue weighted by Crippen LogP contribution is 2.01. The Labute approximate surface area is 180 Å². The number of halogens is 1. The third kappa shape index (κ3) is 15.0. The van der Waals surface area contributed by atoms with Crippen molar-refractivity contribution in [2.24, 2.45) is 0 Å². The number of ether oxygens (including phenoxy) is 5. The van der Waals surface area contributed by atoms with Gasteiger partial charge in [-0.25, -0.2) is 0 Å². The fourth-order valence-corrected chi connectivity index (χ4v) is 2.29. The van der Waals surface area contributed by atoms with Crippen LogP contribution < -0.4 is 0 Å². The minimum Gasteiger partial charge on any atom is -0.457 e. The van der Waals surface area contributed by atoms with Crippen LogP contribution in [0.15, 0.2) is 42.5 Å². The number of ketones is 1. The van der Waals surface area contributed by atoms with Crippen LogP contribution >= 0.6 is 15.9 Å². The summed E-state index contributed by atoms with van der Waals surface area (Å²) >= 11 is 3.29. The number of alkyl halides is 1. The SMILES string of the molecule is O=C(CCOCCOCCOCCOC/C=C/CBr)OCC(=O)c1ccccc1. The molecule has 0 aliphatic rings. The molecular weight excluding hydrogens is 444 g/mol. The maximum atomic E-state index is 11.8. The first-order valence-electron chi connectivity index (χ1n) is 9.50. The molecule has 162 valence electrons. The van der Waals surface area contributed by atoms with Gasteiger partial charge < -0.3 is 23.7 Å². The van der Waals surface area contributed by atoms with E-state index in [1.165, 1.54) is 0 Å². The molecule has 0 unspecified atom stereocenters. The minimum absolute atomic E-state index is 0.0933. The molecule has 0 amide bonds. The van der Waals surface area contributed by atoms with E-state index in [4.69, 9.17) is 23.7 Å². The molecule has 29 heavy (non-hydrogen) atoms. The Morgan fingerprint density at radius 3 is 2.00 bits per heavy atom. The first kappa shape index (κ1) is 25.5. The van der Waals surface area contributed by atoms with Gasteiger partial charge in [0.2, 0.25) is 0 Å². The molecule has 0 atom stereocenters. The molecule has 0 aliphatic carbocycles. The van der Waals surface area contributed by atoms with Gasteiger partial charge in [0.25, 0.3) is 0 Å². The molecule has 0 heterocycles. The number of rotatable bonds is 18. The van der Waals surface area contributed by atoms with Crippen molar-refractivity contribution >= 4 is 27.7 Å². The first-order valence-corrected chi connectivity index (χ1v) is 10.6. The van der Waals surface area contributed by atoms with Crippen molar-refractivity contribution in [1.82, 2.24) is 0 Å². The molecule has 0 fully saturated rings. The number of allylic oxidation sites excluding steroid dienone is 1. The van der Waals surface area contributed by atoms with Crippen LogP contribution in [0.5, 0.6) is 0 Å². The number of hydrogen-bond donors (Lipinski definition) is 0. The van der Waals surface area contributed by atoms with Crippen molar-refractivity contribution in [2.75, 3.05) is 64.8 Å². The Bertz CT molecular complexity index is 578. The molecule has 1 rings (SSSR count). The quantitative estimate of drug-likeness (QED) is 0.107. The summed E-state index contributed by atoms with van der Waals surface area (Å²) in [6.45, 7) is 3.36. The van der Waals surface area contributed by atoms with E-state index < -0.39 is 5.97 Å². The Morgan fingerprint density at radius 1 is 0.793 bits per heavy atom. The van der Waals surface area contributed by atoms with Crippen molar-refractivity contribution in [3.63, 3.8) is 0 Å². The third-order valence-electron chi connectivity index (χ3n) is 3.50. The van der Waals surface area contributed by atoms with E-state index in [0.29, 0.717) is 51.8 Å². The monoisotopic (exact) mass is 472 g/mol. The third-order valence-corrected chi connectivity index (χ3v) is 3.87. The molecule has 1 aromatic carbocycles. The molecule has 0 saturated carbocycles. The molecule has 0 bridgehead atoms. The summed E-state index contributed by atoms with van der Waals surface area (Å²) in [5.41, 5.74) is 0.521. The van der Waals surface area contributed by atoms with Gasteiger partial charge in [0.1, 0.15) is 0 Å². The van der Waals surface area contributed by atoms with E-state index in [0.717, 1.165) is 5.33 Å². The van der Waals surface area contributed by atoms with E-state index in [1.54, 1.807) is 24.3 Å². The molecular formula is C21H29BrO7. The van der Waals surface area contributed by atoms with Gasteiger partial charge in [0.05, 0.1) is 59.3 Å². The summed E-state index contributed by atoms with van der Waals surface area (Å²) < 4.78 is 26.3. The van der Waals surface area contributed by atoms with Crippen LogP contribution in [0.25, 0.3) is 0 Å². The van der Waals surface area contributed by atoms with Gasteiger partial charge in [0.15, 0.2) is 12.4 Å². The Kier molecular flexibility index (Phi) is 16.2. The smallest absolute Gasteiger partial charge is 0.308 e. The zero-order valence-electron chi connectivity index (χ0n) is 16.6. The van der Waals surface area contributed by atoms with Crippen molar-refractivity contribution in [1.29, 1.82) is 0 Å². The lowest BCUT2D eigenvalue weighted by atomic mass is 10.1.